The SMILES string of the molecule is COCCC(C)(CN)Nc1cc(C)cc(Br)c1. The lowest BCUT2D eigenvalue weighted by Gasteiger charge is -2.30. The van der Waals surface area contributed by atoms with Crippen LogP contribution in [0.5, 0.6) is 0 Å². The second kappa shape index (κ2) is 6.38. The van der Waals surface area contributed by atoms with E-state index >= 15 is 0 Å². The van der Waals surface area contributed by atoms with Crippen molar-refractivity contribution in [1.82, 2.24) is 0 Å². The second-order valence-electron chi connectivity index (χ2n) is 4.65. The number of anilines is 1. The molecule has 0 bridgehead atoms. The summed E-state index contributed by atoms with van der Waals surface area (Å²) in [7, 11) is 1.71. The number of halogens is 1. The summed E-state index contributed by atoms with van der Waals surface area (Å²) in [5.74, 6) is 0. The van der Waals surface area contributed by atoms with Gasteiger partial charge in [-0.25, -0.2) is 0 Å². The zero-order chi connectivity index (χ0) is 12.9. The van der Waals surface area contributed by atoms with Crippen molar-refractivity contribution >= 4 is 21.6 Å². The highest BCUT2D eigenvalue weighted by molar-refractivity contribution is 9.10. The van der Waals surface area contributed by atoms with Gasteiger partial charge in [0.15, 0.2) is 0 Å². The molecule has 1 aromatic rings. The first-order chi connectivity index (χ1) is 7.99. The molecule has 0 spiro atoms. The number of nitrogens with one attached hydrogen (secondary N) is 1. The van der Waals surface area contributed by atoms with Crippen LogP contribution in [0.4, 0.5) is 5.69 Å². The van der Waals surface area contributed by atoms with Gasteiger partial charge in [0.05, 0.1) is 0 Å². The van der Waals surface area contributed by atoms with Crippen LogP contribution < -0.4 is 11.1 Å². The lowest BCUT2D eigenvalue weighted by molar-refractivity contribution is 0.177. The Balaban J connectivity index is 2.79. The number of benzene rings is 1. The molecule has 0 saturated carbocycles. The Hall–Kier alpha value is -0.580. The molecule has 0 aliphatic rings. The van der Waals surface area contributed by atoms with Gasteiger partial charge in [-0.05, 0) is 44.0 Å². The number of aryl methyl sites for hydroxylation is 1. The Labute approximate surface area is 112 Å². The molecule has 0 saturated heterocycles. The standard InChI is InChI=1S/C13H21BrN2O/c1-10-6-11(14)8-12(7-10)16-13(2,9-15)4-5-17-3/h6-8,16H,4-5,9,15H2,1-3H3. The minimum atomic E-state index is -0.136. The zero-order valence-corrected chi connectivity index (χ0v) is 12.3. The van der Waals surface area contributed by atoms with Crippen molar-refractivity contribution in [3.8, 4) is 0 Å². The molecular weight excluding hydrogens is 280 g/mol. The largest absolute Gasteiger partial charge is 0.385 e. The van der Waals surface area contributed by atoms with Gasteiger partial charge in [-0.15, -0.1) is 0 Å². The van der Waals surface area contributed by atoms with Crippen molar-refractivity contribution in [2.75, 3.05) is 25.6 Å². The maximum Gasteiger partial charge on any atom is 0.0489 e. The van der Waals surface area contributed by atoms with E-state index in [-0.39, 0.29) is 5.54 Å². The van der Waals surface area contributed by atoms with Crippen molar-refractivity contribution in [3.63, 3.8) is 0 Å². The lowest BCUT2D eigenvalue weighted by atomic mass is 9.98. The van der Waals surface area contributed by atoms with Crippen molar-refractivity contribution in [3.05, 3.63) is 28.2 Å². The molecule has 0 aliphatic carbocycles. The summed E-state index contributed by atoms with van der Waals surface area (Å²) in [6, 6.07) is 6.26. The molecule has 0 fully saturated rings. The lowest BCUT2D eigenvalue weighted by Crippen LogP contribution is -2.43. The predicted octanol–water partition coefficient (Wildman–Crippen LogP) is 2.92. The first-order valence-corrected chi connectivity index (χ1v) is 6.53. The molecule has 17 heavy (non-hydrogen) atoms. The average Bonchev–Trinajstić information content (AvgIpc) is 2.25. The zero-order valence-electron chi connectivity index (χ0n) is 10.7. The Morgan fingerprint density at radius 2 is 2.12 bits per heavy atom. The van der Waals surface area contributed by atoms with E-state index in [0.29, 0.717) is 13.2 Å². The number of ether oxygens (including phenoxy) is 1. The summed E-state index contributed by atoms with van der Waals surface area (Å²) in [4.78, 5) is 0. The molecule has 1 unspecified atom stereocenters. The maximum atomic E-state index is 5.84. The molecule has 4 heteroatoms. The predicted molar refractivity (Wildman–Crippen MR) is 76.5 cm³/mol. The van der Waals surface area contributed by atoms with Crippen molar-refractivity contribution in [2.24, 2.45) is 5.73 Å². The van der Waals surface area contributed by atoms with E-state index in [9.17, 15) is 0 Å². The van der Waals surface area contributed by atoms with Crippen LogP contribution >= 0.6 is 15.9 Å². The maximum absolute atomic E-state index is 5.84. The van der Waals surface area contributed by atoms with E-state index < -0.39 is 0 Å². The van der Waals surface area contributed by atoms with E-state index in [4.69, 9.17) is 10.5 Å². The fourth-order valence-electron chi connectivity index (χ4n) is 1.70. The summed E-state index contributed by atoms with van der Waals surface area (Å²) in [5, 5.41) is 3.49. The molecular formula is C13H21BrN2O. The van der Waals surface area contributed by atoms with Crippen LogP contribution in [0.15, 0.2) is 22.7 Å². The van der Waals surface area contributed by atoms with Crippen LogP contribution in [0, 0.1) is 6.92 Å². The van der Waals surface area contributed by atoms with Gasteiger partial charge < -0.3 is 15.8 Å². The van der Waals surface area contributed by atoms with Crippen LogP contribution in [0.2, 0.25) is 0 Å². The van der Waals surface area contributed by atoms with Crippen molar-refractivity contribution < 1.29 is 4.74 Å². The van der Waals surface area contributed by atoms with E-state index in [1.54, 1.807) is 7.11 Å². The van der Waals surface area contributed by atoms with Gasteiger partial charge in [0.1, 0.15) is 0 Å². The topological polar surface area (TPSA) is 47.3 Å². The van der Waals surface area contributed by atoms with E-state index in [1.165, 1.54) is 5.56 Å². The van der Waals surface area contributed by atoms with Crippen LogP contribution in [-0.2, 0) is 4.74 Å². The van der Waals surface area contributed by atoms with Crippen LogP contribution in [0.1, 0.15) is 18.9 Å². The van der Waals surface area contributed by atoms with Gasteiger partial charge >= 0.3 is 0 Å². The van der Waals surface area contributed by atoms with Gasteiger partial charge in [0, 0.05) is 36.0 Å². The number of hydrogen-bond acceptors (Lipinski definition) is 3. The molecule has 3 nitrogen and oxygen atoms in total. The van der Waals surface area contributed by atoms with Crippen molar-refractivity contribution in [1.29, 1.82) is 0 Å². The number of hydrogen-bond donors (Lipinski definition) is 2. The number of methoxy groups -OCH3 is 1. The minimum Gasteiger partial charge on any atom is -0.385 e. The third-order valence-corrected chi connectivity index (χ3v) is 3.25. The normalized spacial score (nSPS) is 14.4. The highest BCUT2D eigenvalue weighted by Gasteiger charge is 2.21. The van der Waals surface area contributed by atoms with E-state index in [2.05, 4.69) is 53.3 Å². The van der Waals surface area contributed by atoms with Gasteiger partial charge in [-0.3, -0.25) is 0 Å². The number of rotatable bonds is 6. The van der Waals surface area contributed by atoms with Crippen LogP contribution in [0.25, 0.3) is 0 Å². The highest BCUT2D eigenvalue weighted by atomic mass is 79.9. The minimum absolute atomic E-state index is 0.136. The Morgan fingerprint density at radius 3 is 2.65 bits per heavy atom. The van der Waals surface area contributed by atoms with Gasteiger partial charge in [-0.1, -0.05) is 15.9 Å². The second-order valence-corrected chi connectivity index (χ2v) is 5.57. The smallest absolute Gasteiger partial charge is 0.0489 e. The highest BCUT2D eigenvalue weighted by Crippen LogP contribution is 2.23. The Kier molecular flexibility index (Phi) is 5.43. The van der Waals surface area contributed by atoms with E-state index in [1.807, 2.05) is 0 Å². The molecule has 0 radical (unpaired) electrons. The summed E-state index contributed by atoms with van der Waals surface area (Å²) >= 11 is 3.50. The van der Waals surface area contributed by atoms with Gasteiger partial charge in [-0.2, -0.15) is 0 Å². The summed E-state index contributed by atoms with van der Waals surface area (Å²) in [5.41, 5.74) is 8.01. The third-order valence-electron chi connectivity index (χ3n) is 2.80. The summed E-state index contributed by atoms with van der Waals surface area (Å²) in [6.45, 7) is 5.46. The average molecular weight is 301 g/mol. The molecule has 1 atom stereocenters. The molecule has 0 aliphatic heterocycles. The Morgan fingerprint density at radius 1 is 1.41 bits per heavy atom. The van der Waals surface area contributed by atoms with Crippen LogP contribution in [0.3, 0.4) is 0 Å². The quantitative estimate of drug-likeness (QED) is 0.849. The molecule has 96 valence electrons. The molecule has 1 rings (SSSR count). The monoisotopic (exact) mass is 300 g/mol. The third kappa shape index (κ3) is 4.66. The summed E-state index contributed by atoms with van der Waals surface area (Å²) < 4.78 is 6.19. The fraction of sp³-hybridized carbons (Fsp3) is 0.538. The first-order valence-electron chi connectivity index (χ1n) is 5.73. The molecule has 0 aromatic heterocycles. The molecule has 1 aromatic carbocycles. The Bertz CT molecular complexity index is 350. The summed E-state index contributed by atoms with van der Waals surface area (Å²) in [6.07, 6.45) is 0.881. The van der Waals surface area contributed by atoms with Gasteiger partial charge in [0.2, 0.25) is 0 Å². The van der Waals surface area contributed by atoms with Gasteiger partial charge in [0.25, 0.3) is 0 Å². The molecule has 3 N–H and O–H groups in total. The van der Waals surface area contributed by atoms with Crippen molar-refractivity contribution in [2.45, 2.75) is 25.8 Å². The molecule has 0 heterocycles. The molecule has 0 amide bonds. The fourth-order valence-corrected chi connectivity index (χ4v) is 2.31. The number of nitrogens with two attached hydrogens (primary N) is 1. The first kappa shape index (κ1) is 14.5. The van der Waals surface area contributed by atoms with Crippen LogP contribution in [-0.4, -0.2) is 25.8 Å². The van der Waals surface area contributed by atoms with E-state index in [0.717, 1.165) is 16.6 Å².